The van der Waals surface area contributed by atoms with Crippen molar-refractivity contribution in [1.82, 2.24) is 9.55 Å². The lowest BCUT2D eigenvalue weighted by Gasteiger charge is -2.13. The van der Waals surface area contributed by atoms with Crippen LogP contribution in [0.3, 0.4) is 0 Å². The average Bonchev–Trinajstić information content (AvgIpc) is 2.79. The van der Waals surface area contributed by atoms with Gasteiger partial charge in [-0.3, -0.25) is 4.57 Å². The second kappa shape index (κ2) is 5.13. The van der Waals surface area contributed by atoms with Crippen LogP contribution in [-0.4, -0.2) is 16.7 Å². The predicted octanol–water partition coefficient (Wildman–Crippen LogP) is 4.23. The fourth-order valence-electron chi connectivity index (χ4n) is 2.32. The fraction of sp³-hybridized carbons (Fsp3) is 0.133. The number of aryl methyl sites for hydroxylation is 1. The summed E-state index contributed by atoms with van der Waals surface area (Å²) < 4.78 is 7.23. The number of rotatable bonds is 2. The number of hydrogen-bond donors (Lipinski definition) is 1. The SMILES string of the molecule is COc1cc(Cl)c(C)cc1-n1c(N)nc2c(Cl)cccc21. The van der Waals surface area contributed by atoms with E-state index in [1.165, 1.54) is 0 Å². The van der Waals surface area contributed by atoms with Gasteiger partial charge in [-0.1, -0.05) is 29.3 Å². The minimum absolute atomic E-state index is 0.345. The lowest BCUT2D eigenvalue weighted by atomic mass is 10.2. The quantitative estimate of drug-likeness (QED) is 0.768. The van der Waals surface area contributed by atoms with Crippen LogP contribution in [0.5, 0.6) is 5.75 Å². The number of ether oxygens (including phenoxy) is 1. The zero-order chi connectivity index (χ0) is 15.1. The van der Waals surface area contributed by atoms with Crippen LogP contribution >= 0.6 is 23.2 Å². The van der Waals surface area contributed by atoms with Crippen LogP contribution in [0.25, 0.3) is 16.7 Å². The highest BCUT2D eigenvalue weighted by Gasteiger charge is 2.16. The summed E-state index contributed by atoms with van der Waals surface area (Å²) in [5.74, 6) is 0.967. The number of nitrogen functional groups attached to an aromatic ring is 1. The number of fused-ring (bicyclic) bond motifs is 1. The maximum atomic E-state index is 6.18. The van der Waals surface area contributed by atoms with Crippen molar-refractivity contribution in [2.24, 2.45) is 0 Å². The summed E-state index contributed by atoms with van der Waals surface area (Å²) in [6, 6.07) is 9.23. The number of hydrogen-bond acceptors (Lipinski definition) is 3. The van der Waals surface area contributed by atoms with Gasteiger partial charge in [0.1, 0.15) is 11.3 Å². The molecule has 0 radical (unpaired) electrons. The van der Waals surface area contributed by atoms with Crippen LogP contribution in [0.1, 0.15) is 5.56 Å². The molecule has 0 unspecified atom stereocenters. The molecule has 21 heavy (non-hydrogen) atoms. The number of halogens is 2. The molecule has 3 aromatic rings. The predicted molar refractivity (Wildman–Crippen MR) is 86.8 cm³/mol. The molecule has 0 spiro atoms. The van der Waals surface area contributed by atoms with Gasteiger partial charge in [0.2, 0.25) is 5.95 Å². The molecule has 2 N–H and O–H groups in total. The number of aromatic nitrogens is 2. The Hall–Kier alpha value is -1.91. The van der Waals surface area contributed by atoms with Gasteiger partial charge in [-0.15, -0.1) is 0 Å². The molecule has 4 nitrogen and oxygen atoms in total. The van der Waals surface area contributed by atoms with Crippen molar-refractivity contribution < 1.29 is 4.74 Å². The van der Waals surface area contributed by atoms with E-state index in [4.69, 9.17) is 33.7 Å². The molecule has 1 aromatic heterocycles. The van der Waals surface area contributed by atoms with E-state index in [2.05, 4.69) is 4.98 Å². The molecule has 0 amide bonds. The Morgan fingerprint density at radius 2 is 1.95 bits per heavy atom. The Kier molecular flexibility index (Phi) is 3.43. The third kappa shape index (κ3) is 2.20. The van der Waals surface area contributed by atoms with Crippen LogP contribution < -0.4 is 10.5 Å². The number of nitrogens with two attached hydrogens (primary N) is 1. The summed E-state index contributed by atoms with van der Waals surface area (Å²) in [6.45, 7) is 1.92. The third-order valence-corrected chi connectivity index (χ3v) is 4.08. The van der Waals surface area contributed by atoms with E-state index in [1.807, 2.05) is 29.7 Å². The standard InChI is InChI=1S/C15H13Cl2N3O/c1-8-6-12(13(21-2)7-10(8)17)20-11-5-3-4-9(16)14(11)19-15(20)18/h3-7H,1-2H3,(H2,18,19). The van der Waals surface area contributed by atoms with Gasteiger partial charge >= 0.3 is 0 Å². The summed E-state index contributed by atoms with van der Waals surface area (Å²) in [4.78, 5) is 4.34. The summed E-state index contributed by atoms with van der Waals surface area (Å²) in [5, 5.41) is 1.19. The molecular formula is C15H13Cl2N3O. The van der Waals surface area contributed by atoms with Crippen LogP contribution in [0.2, 0.25) is 10.0 Å². The van der Waals surface area contributed by atoms with Crippen molar-refractivity contribution in [2.75, 3.05) is 12.8 Å². The van der Waals surface area contributed by atoms with Crippen molar-refractivity contribution in [3.05, 3.63) is 45.9 Å². The van der Waals surface area contributed by atoms with Gasteiger partial charge in [0.05, 0.1) is 23.3 Å². The van der Waals surface area contributed by atoms with Crippen LogP contribution in [-0.2, 0) is 0 Å². The molecule has 0 atom stereocenters. The smallest absolute Gasteiger partial charge is 0.206 e. The molecular weight excluding hydrogens is 309 g/mol. The van der Waals surface area contributed by atoms with Gasteiger partial charge in [-0.25, -0.2) is 4.98 Å². The maximum absolute atomic E-state index is 6.18. The zero-order valence-electron chi connectivity index (χ0n) is 11.5. The molecule has 3 rings (SSSR count). The topological polar surface area (TPSA) is 53.1 Å². The van der Waals surface area contributed by atoms with Gasteiger partial charge < -0.3 is 10.5 Å². The number of nitrogens with zero attached hydrogens (tertiary/aromatic N) is 2. The monoisotopic (exact) mass is 321 g/mol. The summed E-state index contributed by atoms with van der Waals surface area (Å²) in [6.07, 6.45) is 0. The van der Waals surface area contributed by atoms with Crippen molar-refractivity contribution >= 4 is 40.2 Å². The highest BCUT2D eigenvalue weighted by molar-refractivity contribution is 6.35. The van der Waals surface area contributed by atoms with E-state index < -0.39 is 0 Å². The van der Waals surface area contributed by atoms with Crippen molar-refractivity contribution in [3.8, 4) is 11.4 Å². The number of benzene rings is 2. The second-order valence-electron chi connectivity index (χ2n) is 4.69. The Balaban J connectivity index is 2.38. The van der Waals surface area contributed by atoms with Crippen molar-refractivity contribution in [2.45, 2.75) is 6.92 Å². The molecule has 0 aliphatic heterocycles. The first kappa shape index (κ1) is 14.0. The average molecular weight is 322 g/mol. The molecule has 0 saturated carbocycles. The van der Waals surface area contributed by atoms with E-state index in [0.29, 0.717) is 27.3 Å². The number of imidazole rings is 1. The van der Waals surface area contributed by atoms with Crippen LogP contribution in [0.15, 0.2) is 30.3 Å². The molecule has 0 bridgehead atoms. The molecule has 6 heteroatoms. The Morgan fingerprint density at radius 3 is 2.67 bits per heavy atom. The first-order chi connectivity index (χ1) is 10.0. The van der Waals surface area contributed by atoms with E-state index >= 15 is 0 Å². The van der Waals surface area contributed by atoms with Crippen LogP contribution in [0, 0.1) is 6.92 Å². The van der Waals surface area contributed by atoms with Crippen LogP contribution in [0.4, 0.5) is 5.95 Å². The Morgan fingerprint density at radius 1 is 1.19 bits per heavy atom. The highest BCUT2D eigenvalue weighted by atomic mass is 35.5. The normalized spacial score (nSPS) is 11.0. The fourth-order valence-corrected chi connectivity index (χ4v) is 2.69. The van der Waals surface area contributed by atoms with Gasteiger partial charge in [0.25, 0.3) is 0 Å². The van der Waals surface area contributed by atoms with E-state index in [-0.39, 0.29) is 0 Å². The maximum Gasteiger partial charge on any atom is 0.206 e. The molecule has 1 heterocycles. The molecule has 0 saturated heterocycles. The van der Waals surface area contributed by atoms with Crippen molar-refractivity contribution in [1.29, 1.82) is 0 Å². The number of para-hydroxylation sites is 1. The Bertz CT molecular complexity index is 843. The molecule has 2 aromatic carbocycles. The largest absolute Gasteiger partial charge is 0.495 e. The van der Waals surface area contributed by atoms with Gasteiger partial charge in [0, 0.05) is 11.1 Å². The minimum atomic E-state index is 0.345. The van der Waals surface area contributed by atoms with E-state index in [1.54, 1.807) is 19.2 Å². The van der Waals surface area contributed by atoms with Gasteiger partial charge in [-0.2, -0.15) is 0 Å². The number of anilines is 1. The summed E-state index contributed by atoms with van der Waals surface area (Å²) in [5.41, 5.74) is 9.25. The second-order valence-corrected chi connectivity index (χ2v) is 5.50. The first-order valence-corrected chi connectivity index (χ1v) is 7.05. The number of methoxy groups -OCH3 is 1. The molecule has 0 fully saturated rings. The van der Waals surface area contributed by atoms with Gasteiger partial charge in [-0.05, 0) is 30.7 Å². The molecule has 0 aliphatic carbocycles. The lowest BCUT2D eigenvalue weighted by molar-refractivity contribution is 0.413. The molecule has 0 aliphatic rings. The third-order valence-electron chi connectivity index (χ3n) is 3.36. The van der Waals surface area contributed by atoms with Crippen molar-refractivity contribution in [3.63, 3.8) is 0 Å². The summed E-state index contributed by atoms with van der Waals surface area (Å²) in [7, 11) is 1.59. The Labute approximate surface area is 132 Å². The first-order valence-electron chi connectivity index (χ1n) is 6.30. The van der Waals surface area contributed by atoms with Gasteiger partial charge in [0.15, 0.2) is 0 Å². The van der Waals surface area contributed by atoms with E-state index in [0.717, 1.165) is 16.8 Å². The zero-order valence-corrected chi connectivity index (χ0v) is 13.0. The highest BCUT2D eigenvalue weighted by Crippen LogP contribution is 2.35. The van der Waals surface area contributed by atoms with E-state index in [9.17, 15) is 0 Å². The minimum Gasteiger partial charge on any atom is -0.495 e. The lowest BCUT2D eigenvalue weighted by Crippen LogP contribution is -2.03. The summed E-state index contributed by atoms with van der Waals surface area (Å²) >= 11 is 12.3. The molecule has 108 valence electrons.